The Morgan fingerprint density at radius 1 is 1.10 bits per heavy atom. The van der Waals surface area contributed by atoms with Crippen LogP contribution in [0, 0.1) is 18.6 Å². The number of amides is 1. The van der Waals surface area contributed by atoms with Crippen LogP contribution < -0.4 is 4.74 Å². The van der Waals surface area contributed by atoms with Crippen molar-refractivity contribution in [2.75, 3.05) is 19.7 Å². The zero-order valence-corrected chi connectivity index (χ0v) is 22.7. The number of Topliss-reactive ketones (excluding diaryl/α,β-unsaturated/α-hetero) is 1. The van der Waals surface area contributed by atoms with E-state index < -0.39 is 17.2 Å². The molecule has 5 rings (SSSR count). The molecule has 1 saturated heterocycles. The molecule has 1 aromatic carbocycles. The number of carbonyl (C=O) groups excluding carboxylic acids is 2. The highest BCUT2D eigenvalue weighted by molar-refractivity contribution is 5.97. The Morgan fingerprint density at radius 3 is 2.48 bits per heavy atom. The van der Waals surface area contributed by atoms with Gasteiger partial charge in [-0.3, -0.25) is 4.79 Å². The van der Waals surface area contributed by atoms with Crippen LogP contribution in [-0.4, -0.2) is 66.7 Å². The van der Waals surface area contributed by atoms with Crippen molar-refractivity contribution in [3.8, 4) is 17.0 Å². The van der Waals surface area contributed by atoms with Crippen molar-refractivity contribution in [1.82, 2.24) is 29.5 Å². The number of pyridine rings is 1. The van der Waals surface area contributed by atoms with E-state index in [1.54, 1.807) is 17.2 Å². The molecule has 0 spiro atoms. The Bertz CT molecular complexity index is 1550. The number of benzene rings is 1. The molecule has 12 heteroatoms. The third-order valence-corrected chi connectivity index (χ3v) is 6.72. The van der Waals surface area contributed by atoms with Crippen LogP contribution in [0.1, 0.15) is 55.7 Å². The normalized spacial score (nSPS) is 14.5. The molecule has 0 radical (unpaired) electrons. The predicted molar refractivity (Wildman–Crippen MR) is 141 cm³/mol. The Labute approximate surface area is 229 Å². The number of fused-ring (bicyclic) bond motifs is 1. The maximum Gasteiger partial charge on any atom is 0.410 e. The minimum atomic E-state index is -0.604. The van der Waals surface area contributed by atoms with E-state index in [4.69, 9.17) is 9.47 Å². The molecule has 1 amide bonds. The summed E-state index contributed by atoms with van der Waals surface area (Å²) in [5.74, 6) is -1.33. The lowest BCUT2D eigenvalue weighted by atomic mass is 10.0. The monoisotopic (exact) mass is 552 g/mol. The molecular formula is C28H30F2N6O4. The van der Waals surface area contributed by atoms with Crippen molar-refractivity contribution in [1.29, 1.82) is 0 Å². The number of likely N-dealkylation sites (tertiary alicyclic amines) is 1. The first-order valence-corrected chi connectivity index (χ1v) is 13.0. The quantitative estimate of drug-likeness (QED) is 0.310. The van der Waals surface area contributed by atoms with E-state index in [2.05, 4.69) is 15.4 Å². The third-order valence-electron chi connectivity index (χ3n) is 6.72. The second-order valence-electron chi connectivity index (χ2n) is 10.8. The molecule has 0 aliphatic carbocycles. The van der Waals surface area contributed by atoms with Crippen molar-refractivity contribution in [3.63, 3.8) is 0 Å². The molecule has 3 aromatic heterocycles. The fourth-order valence-electron chi connectivity index (χ4n) is 4.72. The first kappa shape index (κ1) is 27.2. The fourth-order valence-corrected chi connectivity index (χ4v) is 4.72. The first-order chi connectivity index (χ1) is 19.0. The molecule has 4 heterocycles. The zero-order chi connectivity index (χ0) is 28.6. The van der Waals surface area contributed by atoms with Crippen molar-refractivity contribution in [3.05, 3.63) is 65.6 Å². The number of aromatic nitrogens is 5. The van der Waals surface area contributed by atoms with Gasteiger partial charge in [-0.15, -0.1) is 5.10 Å². The van der Waals surface area contributed by atoms with Crippen LogP contribution in [0.25, 0.3) is 16.8 Å². The van der Waals surface area contributed by atoms with E-state index in [1.807, 2.05) is 32.4 Å². The second-order valence-corrected chi connectivity index (χ2v) is 10.8. The maximum atomic E-state index is 14.6. The molecule has 40 heavy (non-hydrogen) atoms. The van der Waals surface area contributed by atoms with Crippen molar-refractivity contribution < 1.29 is 27.8 Å². The van der Waals surface area contributed by atoms with Crippen molar-refractivity contribution >= 4 is 17.4 Å². The lowest BCUT2D eigenvalue weighted by Gasteiger charge is -2.33. The van der Waals surface area contributed by atoms with Gasteiger partial charge in [0.1, 0.15) is 28.4 Å². The van der Waals surface area contributed by atoms with E-state index in [0.717, 1.165) is 11.9 Å². The van der Waals surface area contributed by atoms with Gasteiger partial charge >= 0.3 is 6.09 Å². The standard InChI is InChI=1S/C28H30F2N6O4/c1-17-25(32-33-36(17)21-9-11-34(12-10-21)27(38)40-28(2,3)4)19-13-24(26-22(30)14-31-35(26)15-19)39-16-23(37)18-5-7-20(29)8-6-18/h5-8,13-15,21H,9-12,16H2,1-4H3. The van der Waals surface area contributed by atoms with Gasteiger partial charge in [0.15, 0.2) is 18.2 Å². The van der Waals surface area contributed by atoms with Gasteiger partial charge in [-0.05, 0) is 70.9 Å². The van der Waals surface area contributed by atoms with Crippen LogP contribution in [0.15, 0.2) is 42.7 Å². The van der Waals surface area contributed by atoms with Gasteiger partial charge < -0.3 is 14.4 Å². The predicted octanol–water partition coefficient (Wildman–Crippen LogP) is 5.01. The summed E-state index contributed by atoms with van der Waals surface area (Å²) in [6, 6.07) is 6.75. The van der Waals surface area contributed by atoms with Gasteiger partial charge in [0.2, 0.25) is 0 Å². The molecule has 1 aliphatic heterocycles. The van der Waals surface area contributed by atoms with Gasteiger partial charge in [-0.25, -0.2) is 22.8 Å². The molecular weight excluding hydrogens is 522 g/mol. The minimum Gasteiger partial charge on any atom is -0.483 e. The van der Waals surface area contributed by atoms with Gasteiger partial charge in [0.05, 0.1) is 17.9 Å². The van der Waals surface area contributed by atoms with Crippen LogP contribution in [0.5, 0.6) is 5.75 Å². The molecule has 0 atom stereocenters. The summed E-state index contributed by atoms with van der Waals surface area (Å²) in [5.41, 5.74) is 1.72. The van der Waals surface area contributed by atoms with Crippen LogP contribution >= 0.6 is 0 Å². The van der Waals surface area contributed by atoms with Gasteiger partial charge in [-0.1, -0.05) is 5.21 Å². The first-order valence-electron chi connectivity index (χ1n) is 13.0. The summed E-state index contributed by atoms with van der Waals surface area (Å²) in [4.78, 5) is 26.7. The van der Waals surface area contributed by atoms with Gasteiger partial charge in [0, 0.05) is 30.4 Å². The van der Waals surface area contributed by atoms with Gasteiger partial charge in [-0.2, -0.15) is 5.10 Å². The number of rotatable bonds is 6. The average Bonchev–Trinajstić information content (AvgIpc) is 3.49. The average molecular weight is 553 g/mol. The maximum absolute atomic E-state index is 14.6. The number of ether oxygens (including phenoxy) is 2. The van der Waals surface area contributed by atoms with E-state index in [0.29, 0.717) is 37.2 Å². The highest BCUT2D eigenvalue weighted by Gasteiger charge is 2.29. The molecule has 10 nitrogen and oxygen atoms in total. The number of hydrogen-bond donors (Lipinski definition) is 0. The highest BCUT2D eigenvalue weighted by Crippen LogP contribution is 2.32. The summed E-state index contributed by atoms with van der Waals surface area (Å²) >= 11 is 0. The molecule has 0 saturated carbocycles. The molecule has 210 valence electrons. The summed E-state index contributed by atoms with van der Waals surface area (Å²) in [6.07, 6.45) is 3.74. The number of hydrogen-bond acceptors (Lipinski definition) is 7. The summed E-state index contributed by atoms with van der Waals surface area (Å²) in [6.45, 7) is 8.10. The SMILES string of the molecule is Cc1c(-c2cc(OCC(=O)c3ccc(F)cc3)c3c(F)cnn3c2)nnn1C1CCN(C(=O)OC(C)(C)C)CC1. The third kappa shape index (κ3) is 5.65. The Kier molecular flexibility index (Phi) is 7.26. The molecule has 0 N–H and O–H groups in total. The van der Waals surface area contributed by atoms with Crippen molar-refractivity contribution in [2.45, 2.75) is 52.2 Å². The lowest BCUT2D eigenvalue weighted by Crippen LogP contribution is -2.42. The van der Waals surface area contributed by atoms with E-state index in [1.165, 1.54) is 28.8 Å². The number of ketones is 1. The Balaban J connectivity index is 1.35. The molecule has 0 unspecified atom stereocenters. The van der Waals surface area contributed by atoms with E-state index >= 15 is 0 Å². The Morgan fingerprint density at radius 2 is 1.80 bits per heavy atom. The van der Waals surface area contributed by atoms with Crippen LogP contribution in [0.3, 0.4) is 0 Å². The number of halogens is 2. The smallest absolute Gasteiger partial charge is 0.410 e. The molecule has 1 fully saturated rings. The molecule has 1 aliphatic rings. The second kappa shape index (κ2) is 10.7. The van der Waals surface area contributed by atoms with Crippen molar-refractivity contribution in [2.24, 2.45) is 0 Å². The number of carbonyl (C=O) groups is 2. The summed E-state index contributed by atoms with van der Waals surface area (Å²) in [7, 11) is 0. The lowest BCUT2D eigenvalue weighted by molar-refractivity contribution is 0.0183. The summed E-state index contributed by atoms with van der Waals surface area (Å²) < 4.78 is 42.2. The molecule has 0 bridgehead atoms. The number of piperidine rings is 1. The minimum absolute atomic E-state index is 0.0369. The largest absolute Gasteiger partial charge is 0.483 e. The van der Waals surface area contributed by atoms with Crippen LogP contribution in [0.2, 0.25) is 0 Å². The Hall–Kier alpha value is -4.35. The van der Waals surface area contributed by atoms with Gasteiger partial charge in [0.25, 0.3) is 0 Å². The molecule has 4 aromatic rings. The van der Waals surface area contributed by atoms with Crippen LogP contribution in [-0.2, 0) is 4.74 Å². The van der Waals surface area contributed by atoms with E-state index in [9.17, 15) is 18.4 Å². The topological polar surface area (TPSA) is 104 Å². The number of nitrogens with zero attached hydrogens (tertiary/aromatic N) is 6. The summed E-state index contributed by atoms with van der Waals surface area (Å²) in [5, 5.41) is 12.8. The zero-order valence-electron chi connectivity index (χ0n) is 22.7. The highest BCUT2D eigenvalue weighted by atomic mass is 19.1. The van der Waals surface area contributed by atoms with E-state index in [-0.39, 0.29) is 41.4 Å². The van der Waals surface area contributed by atoms with Crippen LogP contribution in [0.4, 0.5) is 13.6 Å². The fraction of sp³-hybridized carbons (Fsp3) is 0.393.